The van der Waals surface area contributed by atoms with Gasteiger partial charge in [0, 0.05) is 6.42 Å². The van der Waals surface area contributed by atoms with Crippen LogP contribution in [0.3, 0.4) is 0 Å². The number of nitrogens with two attached hydrogens (primary N) is 1. The monoisotopic (exact) mass is 263 g/mol. The van der Waals surface area contributed by atoms with Crippen LogP contribution in [0.4, 0.5) is 0 Å². The van der Waals surface area contributed by atoms with Gasteiger partial charge >= 0.3 is 59.1 Å². The third-order valence-corrected chi connectivity index (χ3v) is 1.80. The van der Waals surface area contributed by atoms with Crippen LogP contribution in [0.25, 0.3) is 0 Å². The molecular formula is C3H9NNa2O6P2. The maximum Gasteiger partial charge on any atom is 1.00 e. The third-order valence-electron chi connectivity index (χ3n) is 0.870. The summed E-state index contributed by atoms with van der Waals surface area (Å²) in [5.74, 6) is 0. The first-order valence-electron chi connectivity index (χ1n) is 2.99. The van der Waals surface area contributed by atoms with Crippen LogP contribution in [-0.2, 0) is 18.2 Å². The molecule has 0 aliphatic rings. The minimum atomic E-state index is -3.31. The Morgan fingerprint density at radius 2 is 1.71 bits per heavy atom. The second-order valence-electron chi connectivity index (χ2n) is 1.79. The summed E-state index contributed by atoms with van der Waals surface area (Å²) in [6, 6.07) is 0. The summed E-state index contributed by atoms with van der Waals surface area (Å²) < 4.78 is 28.0. The Kier molecular flexibility index (Phi) is 20.5. The van der Waals surface area contributed by atoms with Crippen LogP contribution in [0, 0.1) is 0 Å². The van der Waals surface area contributed by atoms with Crippen molar-refractivity contribution < 1.29 is 87.1 Å². The summed E-state index contributed by atoms with van der Waals surface area (Å²) in [6.07, 6.45) is -1.02. The van der Waals surface area contributed by atoms with Gasteiger partial charge in [-0.1, -0.05) is 0 Å². The third kappa shape index (κ3) is 16.7. The minimum Gasteiger partial charge on any atom is -0.781 e. The molecule has 14 heavy (non-hydrogen) atoms. The quantitative estimate of drug-likeness (QED) is 0.286. The molecule has 0 aliphatic heterocycles. The smallest absolute Gasteiger partial charge is 0.781 e. The molecule has 7 nitrogen and oxygen atoms in total. The van der Waals surface area contributed by atoms with E-state index in [1.54, 1.807) is 0 Å². The number of hydrogen-bond donors (Lipinski definition) is 1. The summed E-state index contributed by atoms with van der Waals surface area (Å²) in [5.41, 5.74) is 5.09. The van der Waals surface area contributed by atoms with Gasteiger partial charge < -0.3 is 33.7 Å². The average Bonchev–Trinajstić information content (AvgIpc) is 1.84. The van der Waals surface area contributed by atoms with Crippen molar-refractivity contribution in [2.24, 2.45) is 5.73 Å². The summed E-state index contributed by atoms with van der Waals surface area (Å²) in [5, 5.41) is 0. The Morgan fingerprint density at radius 3 is 2.07 bits per heavy atom. The molecule has 0 fully saturated rings. The molecular weight excluding hydrogens is 254 g/mol. The Hall–Kier alpha value is 2.26. The van der Waals surface area contributed by atoms with E-state index in [0.29, 0.717) is 0 Å². The molecule has 0 bridgehead atoms. The van der Waals surface area contributed by atoms with Crippen molar-refractivity contribution in [3.05, 3.63) is 0 Å². The normalized spacial score (nSPS) is 15.9. The SMILES string of the molecule is NC(CCO[PH](=O)[O-])O[PH](=O)[O-].[Na+].[Na+]. The molecule has 3 unspecified atom stereocenters. The first kappa shape index (κ1) is 21.5. The molecule has 2 N–H and O–H groups in total. The average molecular weight is 263 g/mol. The molecule has 0 saturated carbocycles. The molecule has 11 heteroatoms. The Bertz CT molecular complexity index is 182. The Balaban J connectivity index is -0.000000605. The summed E-state index contributed by atoms with van der Waals surface area (Å²) in [7, 11) is -6.53. The van der Waals surface area contributed by atoms with Crippen molar-refractivity contribution in [2.75, 3.05) is 6.61 Å². The van der Waals surface area contributed by atoms with Gasteiger partial charge in [-0.25, -0.2) is 0 Å². The van der Waals surface area contributed by atoms with Crippen LogP contribution in [-0.4, -0.2) is 12.8 Å². The van der Waals surface area contributed by atoms with Gasteiger partial charge in [-0.3, -0.25) is 0 Å². The van der Waals surface area contributed by atoms with E-state index < -0.39 is 22.7 Å². The van der Waals surface area contributed by atoms with Gasteiger partial charge in [0.1, 0.15) is 22.7 Å². The topological polar surface area (TPSA) is 125 Å². The van der Waals surface area contributed by atoms with Crippen LogP contribution in [0.15, 0.2) is 0 Å². The van der Waals surface area contributed by atoms with Crippen molar-refractivity contribution in [1.82, 2.24) is 0 Å². The van der Waals surface area contributed by atoms with E-state index in [2.05, 4.69) is 9.05 Å². The van der Waals surface area contributed by atoms with Gasteiger partial charge in [-0.15, -0.1) is 0 Å². The van der Waals surface area contributed by atoms with Gasteiger partial charge in [-0.05, 0) is 0 Å². The molecule has 0 amide bonds. The molecule has 3 atom stereocenters. The maximum absolute atomic E-state index is 9.92. The van der Waals surface area contributed by atoms with Crippen LogP contribution in [0.1, 0.15) is 6.42 Å². The molecule has 0 rings (SSSR count). The second-order valence-corrected chi connectivity index (χ2v) is 3.32. The molecule has 0 heterocycles. The summed E-state index contributed by atoms with van der Waals surface area (Å²) >= 11 is 0. The second kappa shape index (κ2) is 13.3. The zero-order valence-corrected chi connectivity index (χ0v) is 14.0. The standard InChI is InChI=1S/C3H11NO6P2.2Na/c4-3(10-12(7)8)1-2-9-11(5)6;;/h3,11-12H,1-2,4H2,(H,5,6)(H,7,8);;/q;2*+1/p-2. The van der Waals surface area contributed by atoms with Crippen LogP contribution < -0.4 is 74.6 Å². The maximum atomic E-state index is 9.92. The largest absolute Gasteiger partial charge is 1.00 e. The molecule has 0 aromatic carbocycles. The van der Waals surface area contributed by atoms with E-state index in [0.717, 1.165) is 0 Å². The van der Waals surface area contributed by atoms with E-state index in [-0.39, 0.29) is 72.1 Å². The molecule has 0 aliphatic carbocycles. The zero-order chi connectivity index (χ0) is 9.56. The van der Waals surface area contributed by atoms with Crippen molar-refractivity contribution in [3.63, 3.8) is 0 Å². The molecule has 0 aromatic heterocycles. The van der Waals surface area contributed by atoms with E-state index in [9.17, 15) is 18.9 Å². The van der Waals surface area contributed by atoms with Crippen molar-refractivity contribution in [2.45, 2.75) is 12.6 Å². The fourth-order valence-electron chi connectivity index (χ4n) is 0.441. The molecule has 0 spiro atoms. The van der Waals surface area contributed by atoms with Crippen molar-refractivity contribution in [1.29, 1.82) is 0 Å². The Labute approximate surface area is 127 Å². The fourth-order valence-corrected chi connectivity index (χ4v) is 1.09. The number of rotatable bonds is 6. The van der Waals surface area contributed by atoms with Gasteiger partial charge in [0.15, 0.2) is 0 Å². The Morgan fingerprint density at radius 1 is 1.21 bits per heavy atom. The van der Waals surface area contributed by atoms with Gasteiger partial charge in [0.25, 0.3) is 0 Å². The van der Waals surface area contributed by atoms with Crippen LogP contribution >= 0.6 is 16.5 Å². The van der Waals surface area contributed by atoms with Crippen LogP contribution in [0.2, 0.25) is 0 Å². The fraction of sp³-hybridized carbons (Fsp3) is 1.00. The van der Waals surface area contributed by atoms with E-state index >= 15 is 0 Å². The first-order valence-corrected chi connectivity index (χ1v) is 5.44. The first-order chi connectivity index (χ1) is 5.52. The van der Waals surface area contributed by atoms with Gasteiger partial charge in [0.2, 0.25) is 0 Å². The minimum absolute atomic E-state index is 0. The number of hydrogen-bond acceptors (Lipinski definition) is 7. The predicted octanol–water partition coefficient (Wildman–Crippen LogP) is -7.80. The van der Waals surface area contributed by atoms with E-state index in [1.165, 1.54) is 0 Å². The van der Waals surface area contributed by atoms with Crippen molar-refractivity contribution in [3.8, 4) is 0 Å². The van der Waals surface area contributed by atoms with Crippen molar-refractivity contribution >= 4 is 16.5 Å². The molecule has 0 aromatic rings. The molecule has 74 valence electrons. The summed E-state index contributed by atoms with van der Waals surface area (Å²) in [4.78, 5) is 19.8. The summed E-state index contributed by atoms with van der Waals surface area (Å²) in [6.45, 7) is -0.169. The zero-order valence-electron chi connectivity index (χ0n) is 8.02. The van der Waals surface area contributed by atoms with Gasteiger partial charge in [0.05, 0.1) is 6.61 Å². The van der Waals surface area contributed by atoms with E-state index in [4.69, 9.17) is 5.73 Å². The molecule has 0 radical (unpaired) electrons. The van der Waals surface area contributed by atoms with Crippen LogP contribution in [0.5, 0.6) is 0 Å². The predicted molar refractivity (Wildman–Crippen MR) is 37.6 cm³/mol. The molecule has 0 saturated heterocycles. The van der Waals surface area contributed by atoms with Gasteiger partial charge in [-0.2, -0.15) is 0 Å². The van der Waals surface area contributed by atoms with E-state index in [1.807, 2.05) is 0 Å².